The van der Waals surface area contributed by atoms with E-state index in [1.165, 1.54) is 10.9 Å². The number of nitrogens with zero attached hydrogens (tertiary/aromatic N) is 3. The van der Waals surface area contributed by atoms with Crippen LogP contribution in [-0.4, -0.2) is 9.78 Å². The first-order valence-electron chi connectivity index (χ1n) is 4.12. The second-order valence-electron chi connectivity index (χ2n) is 2.82. The number of rotatable bonds is 1. The van der Waals surface area contributed by atoms with Crippen molar-refractivity contribution >= 4 is 27.5 Å². The summed E-state index contributed by atoms with van der Waals surface area (Å²) in [5, 5.41) is 13.1. The fourth-order valence-electron chi connectivity index (χ4n) is 1.20. The molecule has 5 heteroatoms. The van der Waals surface area contributed by atoms with Crippen molar-refractivity contribution in [2.75, 3.05) is 0 Å². The van der Waals surface area contributed by atoms with Crippen molar-refractivity contribution < 1.29 is 0 Å². The fraction of sp³-hybridized carbons (Fsp3) is 0. The minimum Gasteiger partial charge on any atom is -0.220 e. The molecular weight excluding hydrogens is 277 g/mol. The van der Waals surface area contributed by atoms with Crippen LogP contribution >= 0.6 is 27.5 Å². The first-order valence-corrected chi connectivity index (χ1v) is 5.29. The highest BCUT2D eigenvalue weighted by Crippen LogP contribution is 2.25. The van der Waals surface area contributed by atoms with Gasteiger partial charge in [-0.2, -0.15) is 10.4 Å². The molecule has 0 bridgehead atoms. The van der Waals surface area contributed by atoms with Crippen molar-refractivity contribution in [1.82, 2.24) is 9.78 Å². The van der Waals surface area contributed by atoms with Gasteiger partial charge in [0.05, 0.1) is 11.9 Å². The van der Waals surface area contributed by atoms with E-state index in [2.05, 4.69) is 21.0 Å². The lowest BCUT2D eigenvalue weighted by Gasteiger charge is -2.04. The summed E-state index contributed by atoms with van der Waals surface area (Å²) >= 11 is 9.38. The lowest BCUT2D eigenvalue weighted by atomic mass is 10.3. The van der Waals surface area contributed by atoms with Crippen molar-refractivity contribution in [2.45, 2.75) is 0 Å². The predicted molar refractivity (Wildman–Crippen MR) is 61.0 cm³/mol. The van der Waals surface area contributed by atoms with E-state index in [4.69, 9.17) is 16.9 Å². The standard InChI is InChI=1S/C10H5BrClN3/c11-8-3-1-2-4-9(8)15-10(12)7(5-13)6-14-15/h1-4,6H. The topological polar surface area (TPSA) is 41.6 Å². The molecule has 0 saturated carbocycles. The monoisotopic (exact) mass is 281 g/mol. The second kappa shape index (κ2) is 4.05. The zero-order chi connectivity index (χ0) is 10.8. The van der Waals surface area contributed by atoms with Crippen molar-refractivity contribution in [2.24, 2.45) is 0 Å². The van der Waals surface area contributed by atoms with Crippen LogP contribution < -0.4 is 0 Å². The van der Waals surface area contributed by atoms with Gasteiger partial charge in [0.25, 0.3) is 0 Å². The molecule has 0 saturated heterocycles. The summed E-state index contributed by atoms with van der Waals surface area (Å²) in [4.78, 5) is 0. The van der Waals surface area contributed by atoms with E-state index < -0.39 is 0 Å². The van der Waals surface area contributed by atoms with Crippen molar-refractivity contribution in [1.29, 1.82) is 5.26 Å². The molecule has 74 valence electrons. The molecule has 2 rings (SSSR count). The Morgan fingerprint density at radius 3 is 2.73 bits per heavy atom. The van der Waals surface area contributed by atoms with Crippen molar-refractivity contribution in [3.63, 3.8) is 0 Å². The van der Waals surface area contributed by atoms with Gasteiger partial charge >= 0.3 is 0 Å². The quantitative estimate of drug-likeness (QED) is 0.806. The number of hydrogen-bond acceptors (Lipinski definition) is 2. The molecule has 0 amide bonds. The van der Waals surface area contributed by atoms with Crippen LogP contribution in [0.1, 0.15) is 5.56 Å². The Morgan fingerprint density at radius 1 is 1.40 bits per heavy atom. The fourth-order valence-corrected chi connectivity index (χ4v) is 1.88. The van der Waals surface area contributed by atoms with E-state index in [1.807, 2.05) is 30.3 Å². The average Bonchev–Trinajstić information content (AvgIpc) is 2.60. The SMILES string of the molecule is N#Cc1cnn(-c2ccccc2Br)c1Cl. The van der Waals surface area contributed by atoms with Crippen LogP contribution in [0.3, 0.4) is 0 Å². The average molecular weight is 283 g/mol. The summed E-state index contributed by atoms with van der Waals surface area (Å²) in [7, 11) is 0. The molecule has 0 fully saturated rings. The maximum Gasteiger partial charge on any atom is 0.150 e. The normalized spacial score (nSPS) is 9.93. The number of halogens is 2. The van der Waals surface area contributed by atoms with Crippen LogP contribution in [0.4, 0.5) is 0 Å². The van der Waals surface area contributed by atoms with Gasteiger partial charge in [-0.1, -0.05) is 23.7 Å². The van der Waals surface area contributed by atoms with Gasteiger partial charge in [-0.15, -0.1) is 0 Å². The summed E-state index contributed by atoms with van der Waals surface area (Å²) in [5.41, 5.74) is 1.18. The van der Waals surface area contributed by atoms with Crippen LogP contribution in [-0.2, 0) is 0 Å². The van der Waals surface area contributed by atoms with Crippen LogP contribution in [0.25, 0.3) is 5.69 Å². The molecule has 0 unspecified atom stereocenters. The van der Waals surface area contributed by atoms with Crippen LogP contribution in [0.2, 0.25) is 5.15 Å². The van der Waals surface area contributed by atoms with Gasteiger partial charge in [0.15, 0.2) is 5.15 Å². The summed E-state index contributed by atoms with van der Waals surface area (Å²) in [6.45, 7) is 0. The molecule has 0 aliphatic heterocycles. The Morgan fingerprint density at radius 2 is 2.13 bits per heavy atom. The molecule has 0 radical (unpaired) electrons. The Labute approximate surface area is 100 Å². The van der Waals surface area contributed by atoms with E-state index >= 15 is 0 Å². The van der Waals surface area contributed by atoms with E-state index in [-0.39, 0.29) is 0 Å². The minimum absolute atomic E-state index is 0.324. The third-order valence-electron chi connectivity index (χ3n) is 1.91. The summed E-state index contributed by atoms with van der Waals surface area (Å²) in [6, 6.07) is 9.51. The second-order valence-corrected chi connectivity index (χ2v) is 4.04. The maximum atomic E-state index is 8.75. The summed E-state index contributed by atoms with van der Waals surface area (Å²) < 4.78 is 2.39. The van der Waals surface area contributed by atoms with Gasteiger partial charge < -0.3 is 0 Å². The number of hydrogen-bond donors (Lipinski definition) is 0. The van der Waals surface area contributed by atoms with Crippen molar-refractivity contribution in [3.8, 4) is 11.8 Å². The van der Waals surface area contributed by atoms with E-state index in [9.17, 15) is 0 Å². The van der Waals surface area contributed by atoms with Gasteiger partial charge in [-0.25, -0.2) is 4.68 Å². The molecular formula is C10H5BrClN3. The minimum atomic E-state index is 0.324. The Kier molecular flexibility index (Phi) is 2.76. The zero-order valence-corrected chi connectivity index (χ0v) is 9.83. The highest BCUT2D eigenvalue weighted by Gasteiger charge is 2.10. The third-order valence-corrected chi connectivity index (χ3v) is 2.95. The van der Waals surface area contributed by atoms with Crippen LogP contribution in [0.15, 0.2) is 34.9 Å². The molecule has 1 aromatic carbocycles. The molecule has 0 N–H and O–H groups in total. The molecule has 3 nitrogen and oxygen atoms in total. The largest absolute Gasteiger partial charge is 0.220 e. The molecule has 1 aromatic heterocycles. The van der Waals surface area contributed by atoms with Crippen molar-refractivity contribution in [3.05, 3.63) is 45.7 Å². The van der Waals surface area contributed by atoms with E-state index in [1.54, 1.807) is 0 Å². The zero-order valence-electron chi connectivity index (χ0n) is 7.48. The number of aromatic nitrogens is 2. The lowest BCUT2D eigenvalue weighted by molar-refractivity contribution is 0.877. The van der Waals surface area contributed by atoms with Gasteiger partial charge in [0.2, 0.25) is 0 Å². The molecule has 1 heterocycles. The third kappa shape index (κ3) is 1.76. The maximum absolute atomic E-state index is 8.75. The van der Waals surface area contributed by atoms with Gasteiger partial charge in [0.1, 0.15) is 11.6 Å². The van der Waals surface area contributed by atoms with E-state index in [0.717, 1.165) is 10.2 Å². The van der Waals surface area contributed by atoms with Gasteiger partial charge in [-0.05, 0) is 28.1 Å². The molecule has 0 aliphatic carbocycles. The number of para-hydroxylation sites is 1. The first kappa shape index (κ1) is 10.2. The molecule has 0 atom stereocenters. The van der Waals surface area contributed by atoms with Gasteiger partial charge in [-0.3, -0.25) is 0 Å². The molecule has 0 spiro atoms. The Bertz CT molecular complexity index is 542. The Balaban J connectivity index is 2.61. The smallest absolute Gasteiger partial charge is 0.150 e. The summed E-state index contributed by atoms with van der Waals surface area (Å²) in [5.74, 6) is 0. The van der Waals surface area contributed by atoms with E-state index in [0.29, 0.717) is 10.7 Å². The first-order chi connectivity index (χ1) is 7.24. The highest BCUT2D eigenvalue weighted by molar-refractivity contribution is 9.10. The van der Waals surface area contributed by atoms with Gasteiger partial charge in [0, 0.05) is 4.47 Å². The highest BCUT2D eigenvalue weighted by atomic mass is 79.9. The summed E-state index contributed by atoms with van der Waals surface area (Å²) in [6.07, 6.45) is 1.45. The number of benzene rings is 1. The lowest BCUT2D eigenvalue weighted by Crippen LogP contribution is -1.96. The molecule has 2 aromatic rings. The Hall–Kier alpha value is -1.31. The predicted octanol–water partition coefficient (Wildman–Crippen LogP) is 3.16. The molecule has 0 aliphatic rings. The van der Waals surface area contributed by atoms with Crippen LogP contribution in [0.5, 0.6) is 0 Å². The number of nitriles is 1. The van der Waals surface area contributed by atoms with Crippen LogP contribution in [0, 0.1) is 11.3 Å². The molecule has 15 heavy (non-hydrogen) atoms.